The molecule has 1 amide bonds. The van der Waals surface area contributed by atoms with Gasteiger partial charge >= 0.3 is 0 Å². The first kappa shape index (κ1) is 22.0. The van der Waals surface area contributed by atoms with Crippen LogP contribution in [0.15, 0.2) is 35.2 Å². The van der Waals surface area contributed by atoms with E-state index in [-0.39, 0.29) is 40.9 Å². The van der Waals surface area contributed by atoms with Crippen LogP contribution in [-0.2, 0) is 20.4 Å². The number of aromatic nitrogens is 2. The molecule has 0 aliphatic carbocycles. The molecule has 0 saturated carbocycles. The molecule has 9 heteroatoms. The minimum Gasteiger partial charge on any atom is -0.311 e. The highest BCUT2D eigenvalue weighted by Crippen LogP contribution is 2.27. The zero-order valence-corrected chi connectivity index (χ0v) is 18.5. The van der Waals surface area contributed by atoms with Crippen molar-refractivity contribution in [3.63, 3.8) is 0 Å². The van der Waals surface area contributed by atoms with Crippen molar-refractivity contribution >= 4 is 21.7 Å². The number of piperidine rings is 1. The number of nitrogens with one attached hydrogen (secondary N) is 1. The van der Waals surface area contributed by atoms with Gasteiger partial charge in [-0.1, -0.05) is 12.1 Å². The Balaban J connectivity index is 1.69. The lowest BCUT2D eigenvalue weighted by atomic mass is 9.97. The quantitative estimate of drug-likeness (QED) is 0.804. The predicted molar refractivity (Wildman–Crippen MR) is 113 cm³/mol. The molecule has 1 aromatic carbocycles. The second-order valence-corrected chi connectivity index (χ2v) is 10.4. The fraction of sp³-hybridized carbons (Fsp3) is 0.476. The Hall–Kier alpha value is -2.70. The summed E-state index contributed by atoms with van der Waals surface area (Å²) in [6, 6.07) is 9.95. The summed E-state index contributed by atoms with van der Waals surface area (Å²) < 4.78 is 29.1. The number of hydrogen-bond acceptors (Lipinski definition) is 5. The number of amides is 1. The lowest BCUT2D eigenvalue weighted by Gasteiger charge is -2.31. The third-order valence-electron chi connectivity index (χ3n) is 5.17. The summed E-state index contributed by atoms with van der Waals surface area (Å²) in [5.74, 6) is 0.226. The average molecular weight is 430 g/mol. The van der Waals surface area contributed by atoms with Gasteiger partial charge in [0.2, 0.25) is 15.9 Å². The molecule has 1 saturated heterocycles. The van der Waals surface area contributed by atoms with Crippen molar-refractivity contribution in [2.45, 2.75) is 51.0 Å². The number of carbonyl (C=O) groups is 1. The van der Waals surface area contributed by atoms with E-state index in [0.717, 1.165) is 5.69 Å². The average Bonchev–Trinajstić information content (AvgIpc) is 3.08. The number of hydrogen-bond donors (Lipinski definition) is 1. The summed E-state index contributed by atoms with van der Waals surface area (Å²) in [5.41, 5.74) is 0.670. The smallest absolute Gasteiger partial charge is 0.244 e. The lowest BCUT2D eigenvalue weighted by molar-refractivity contribution is -0.121. The Morgan fingerprint density at radius 3 is 2.47 bits per heavy atom. The van der Waals surface area contributed by atoms with E-state index in [1.807, 2.05) is 39.8 Å². The molecule has 2 heterocycles. The van der Waals surface area contributed by atoms with E-state index in [1.54, 1.807) is 16.8 Å². The highest BCUT2D eigenvalue weighted by molar-refractivity contribution is 7.89. The van der Waals surface area contributed by atoms with E-state index < -0.39 is 10.0 Å². The Labute approximate surface area is 177 Å². The summed E-state index contributed by atoms with van der Waals surface area (Å²) >= 11 is 0. The number of carbonyl (C=O) groups excluding carboxylic acids is 1. The van der Waals surface area contributed by atoms with Gasteiger partial charge in [-0.2, -0.15) is 14.7 Å². The maximum absolute atomic E-state index is 13.0. The van der Waals surface area contributed by atoms with Crippen LogP contribution in [0.5, 0.6) is 0 Å². The molecule has 30 heavy (non-hydrogen) atoms. The summed E-state index contributed by atoms with van der Waals surface area (Å²) in [4.78, 5) is 12.8. The summed E-state index contributed by atoms with van der Waals surface area (Å²) in [6.45, 7) is 8.38. The van der Waals surface area contributed by atoms with Crippen LogP contribution in [0.4, 0.5) is 5.82 Å². The van der Waals surface area contributed by atoms with Crippen LogP contribution in [0.1, 0.15) is 44.9 Å². The van der Waals surface area contributed by atoms with Crippen molar-refractivity contribution in [2.24, 2.45) is 5.92 Å². The Bertz CT molecular complexity index is 1080. The zero-order chi connectivity index (χ0) is 22.1. The summed E-state index contributed by atoms with van der Waals surface area (Å²) in [7, 11) is -3.77. The molecule has 3 rings (SSSR count). The standard InChI is InChI=1S/C21H27N5O3S/c1-15-13-19(26(24-15)21(2,3)4)23-20(27)16-9-11-25(12-10-16)30(28,29)18-8-6-5-7-17(18)14-22/h5-8,13,16H,9-12H2,1-4H3,(H,23,27). The van der Waals surface area contributed by atoms with Crippen molar-refractivity contribution in [1.29, 1.82) is 5.26 Å². The molecule has 0 bridgehead atoms. The highest BCUT2D eigenvalue weighted by Gasteiger charge is 2.33. The molecular weight excluding hydrogens is 402 g/mol. The van der Waals surface area contributed by atoms with Crippen LogP contribution in [0.2, 0.25) is 0 Å². The van der Waals surface area contributed by atoms with Gasteiger partial charge in [-0.3, -0.25) is 4.79 Å². The Kier molecular flexibility index (Phi) is 6.01. The van der Waals surface area contributed by atoms with Gasteiger partial charge in [0.25, 0.3) is 0 Å². The molecule has 0 unspecified atom stereocenters. The topological polar surface area (TPSA) is 108 Å². The summed E-state index contributed by atoms with van der Waals surface area (Å²) in [6.07, 6.45) is 0.838. The van der Waals surface area contributed by atoms with E-state index in [1.165, 1.54) is 16.4 Å². The van der Waals surface area contributed by atoms with Crippen molar-refractivity contribution in [1.82, 2.24) is 14.1 Å². The molecular formula is C21H27N5O3S. The molecule has 0 atom stereocenters. The number of aryl methyl sites for hydroxylation is 1. The molecule has 1 aromatic heterocycles. The number of nitrogens with zero attached hydrogens (tertiary/aromatic N) is 4. The van der Waals surface area contributed by atoms with Crippen molar-refractivity contribution in [3.05, 3.63) is 41.6 Å². The SMILES string of the molecule is Cc1cc(NC(=O)C2CCN(S(=O)(=O)c3ccccc3C#N)CC2)n(C(C)(C)C)n1. The molecule has 8 nitrogen and oxygen atoms in total. The zero-order valence-electron chi connectivity index (χ0n) is 17.7. The van der Waals surface area contributed by atoms with E-state index in [9.17, 15) is 18.5 Å². The number of anilines is 1. The van der Waals surface area contributed by atoms with E-state index in [2.05, 4.69) is 10.4 Å². The first-order valence-electron chi connectivity index (χ1n) is 9.91. The van der Waals surface area contributed by atoms with Gasteiger partial charge < -0.3 is 5.32 Å². The van der Waals surface area contributed by atoms with Gasteiger partial charge in [-0.05, 0) is 52.7 Å². The Morgan fingerprint density at radius 1 is 1.23 bits per heavy atom. The molecule has 1 fully saturated rings. The molecule has 1 aliphatic heterocycles. The fourth-order valence-corrected chi connectivity index (χ4v) is 5.22. The molecule has 0 spiro atoms. The third-order valence-corrected chi connectivity index (χ3v) is 7.13. The van der Waals surface area contributed by atoms with Gasteiger partial charge in [-0.15, -0.1) is 0 Å². The molecule has 1 N–H and O–H groups in total. The molecule has 1 aliphatic rings. The second kappa shape index (κ2) is 8.20. The van der Waals surface area contributed by atoms with Crippen LogP contribution in [0, 0.1) is 24.2 Å². The molecule has 160 valence electrons. The third kappa shape index (κ3) is 4.40. The monoisotopic (exact) mass is 429 g/mol. The van der Waals surface area contributed by atoms with Gasteiger partial charge in [0.05, 0.1) is 21.7 Å². The number of sulfonamides is 1. The van der Waals surface area contributed by atoms with Gasteiger partial charge in [0, 0.05) is 25.1 Å². The second-order valence-electron chi connectivity index (χ2n) is 8.53. The lowest BCUT2D eigenvalue weighted by Crippen LogP contribution is -2.41. The van der Waals surface area contributed by atoms with Crippen LogP contribution in [0.3, 0.4) is 0 Å². The van der Waals surface area contributed by atoms with Crippen LogP contribution >= 0.6 is 0 Å². The number of benzene rings is 1. The minimum atomic E-state index is -3.77. The van der Waals surface area contributed by atoms with Crippen LogP contribution in [0.25, 0.3) is 0 Å². The normalized spacial score (nSPS) is 16.2. The van der Waals surface area contributed by atoms with E-state index >= 15 is 0 Å². The fourth-order valence-electron chi connectivity index (χ4n) is 3.61. The first-order valence-corrected chi connectivity index (χ1v) is 11.4. The van der Waals surface area contributed by atoms with Gasteiger partial charge in [-0.25, -0.2) is 13.1 Å². The van der Waals surface area contributed by atoms with Crippen molar-refractivity contribution < 1.29 is 13.2 Å². The van der Waals surface area contributed by atoms with E-state index in [4.69, 9.17) is 0 Å². The van der Waals surface area contributed by atoms with E-state index in [0.29, 0.717) is 18.7 Å². The predicted octanol–water partition coefficient (Wildman–Crippen LogP) is 2.86. The summed E-state index contributed by atoms with van der Waals surface area (Å²) in [5, 5.41) is 16.6. The first-order chi connectivity index (χ1) is 14.0. The van der Waals surface area contributed by atoms with Crippen LogP contribution < -0.4 is 5.32 Å². The molecule has 0 radical (unpaired) electrons. The molecule has 2 aromatic rings. The minimum absolute atomic E-state index is 0.0138. The maximum atomic E-state index is 13.0. The van der Waals surface area contributed by atoms with Gasteiger partial charge in [0.1, 0.15) is 11.9 Å². The number of rotatable bonds is 4. The largest absolute Gasteiger partial charge is 0.311 e. The van der Waals surface area contributed by atoms with Crippen molar-refractivity contribution in [2.75, 3.05) is 18.4 Å². The maximum Gasteiger partial charge on any atom is 0.244 e. The van der Waals surface area contributed by atoms with Crippen LogP contribution in [-0.4, -0.2) is 41.5 Å². The number of nitriles is 1. The highest BCUT2D eigenvalue weighted by atomic mass is 32.2. The Morgan fingerprint density at radius 2 is 1.87 bits per heavy atom. The van der Waals surface area contributed by atoms with Gasteiger partial charge in [0.15, 0.2) is 0 Å². The van der Waals surface area contributed by atoms with Crippen molar-refractivity contribution in [3.8, 4) is 6.07 Å².